The second-order valence-corrected chi connectivity index (χ2v) is 14.1. The first-order valence-electron chi connectivity index (χ1n) is 10.3. The van der Waals surface area contributed by atoms with E-state index >= 15 is 0 Å². The second kappa shape index (κ2) is 9.34. The summed E-state index contributed by atoms with van der Waals surface area (Å²) in [5.41, 5.74) is 1.43. The van der Waals surface area contributed by atoms with Gasteiger partial charge in [-0.15, -0.1) is 11.3 Å². The van der Waals surface area contributed by atoms with Crippen molar-refractivity contribution in [2.75, 3.05) is 12.0 Å². The Morgan fingerprint density at radius 1 is 0.971 bits per heavy atom. The predicted molar refractivity (Wildman–Crippen MR) is 137 cm³/mol. The number of rotatable bonds is 7. The minimum Gasteiger partial charge on any atom is -0.298 e. The maximum absolute atomic E-state index is 13.1. The number of fused-ring (bicyclic) bond motifs is 1. The lowest BCUT2D eigenvalue weighted by Gasteiger charge is -2.12. The molecule has 2 aromatic heterocycles. The number of Topliss-reactive ketones (excluding diaryl/α,β-unsaturated/α-hetero) is 1. The van der Waals surface area contributed by atoms with E-state index < -0.39 is 31.2 Å². The highest BCUT2D eigenvalue weighted by Gasteiger charge is 2.22. The summed E-state index contributed by atoms with van der Waals surface area (Å²) in [6.07, 6.45) is 2.28. The van der Waals surface area contributed by atoms with Gasteiger partial charge in [0, 0.05) is 35.3 Å². The van der Waals surface area contributed by atoms with Crippen LogP contribution in [0.15, 0.2) is 74.7 Å². The van der Waals surface area contributed by atoms with Crippen molar-refractivity contribution >= 4 is 59.2 Å². The molecule has 0 aliphatic carbocycles. The average Bonchev–Trinajstić information content (AvgIpc) is 3.21. The Morgan fingerprint density at radius 3 is 2.26 bits per heavy atom. The summed E-state index contributed by atoms with van der Waals surface area (Å²) >= 11 is 6.69. The zero-order chi connectivity index (χ0) is 25.5. The molecule has 0 amide bonds. The van der Waals surface area contributed by atoms with Crippen LogP contribution in [0.3, 0.4) is 0 Å². The number of ketones is 1. The van der Waals surface area contributed by atoms with E-state index in [0.717, 1.165) is 23.2 Å². The van der Waals surface area contributed by atoms with Gasteiger partial charge in [0.15, 0.2) is 25.5 Å². The lowest BCUT2D eigenvalue weighted by molar-refractivity contribution is -0.116. The number of carbonyl (C=O) groups excluding carboxylic acids is 1. The highest BCUT2D eigenvalue weighted by Crippen LogP contribution is 2.27. The molecule has 0 radical (unpaired) electrons. The lowest BCUT2D eigenvalue weighted by atomic mass is 10.1. The lowest BCUT2D eigenvalue weighted by Crippen LogP contribution is -2.20. The molecule has 0 atom stereocenters. The number of halogens is 1. The van der Waals surface area contributed by atoms with Crippen molar-refractivity contribution in [3.63, 3.8) is 0 Å². The maximum Gasteiger partial charge on any atom is 0.263 e. The predicted octanol–water partition coefficient (Wildman–Crippen LogP) is 4.00. The van der Waals surface area contributed by atoms with Crippen molar-refractivity contribution in [3.05, 3.63) is 86.6 Å². The van der Waals surface area contributed by atoms with Gasteiger partial charge in [-0.05, 0) is 48.9 Å². The Hall–Kier alpha value is -2.79. The number of nitrogens with zero attached hydrogens (tertiary/aromatic N) is 1. The summed E-state index contributed by atoms with van der Waals surface area (Å²) in [5, 5.41) is 0.640. The van der Waals surface area contributed by atoms with Gasteiger partial charge in [0.1, 0.15) is 9.96 Å². The highest BCUT2D eigenvalue weighted by atomic mass is 35.5. The summed E-state index contributed by atoms with van der Waals surface area (Å²) in [6.45, 7) is 1.82. The van der Waals surface area contributed by atoms with Gasteiger partial charge < -0.3 is 0 Å². The van der Waals surface area contributed by atoms with Crippen molar-refractivity contribution < 1.29 is 21.6 Å². The number of hydrogen-bond donors (Lipinski definition) is 0. The largest absolute Gasteiger partial charge is 0.298 e. The van der Waals surface area contributed by atoms with Crippen LogP contribution in [0.4, 0.5) is 0 Å². The number of aryl methyl sites for hydroxylation is 1. The zero-order valence-corrected chi connectivity index (χ0v) is 21.9. The molecule has 2 heterocycles. The van der Waals surface area contributed by atoms with Crippen LogP contribution in [0, 0.1) is 6.92 Å². The fourth-order valence-electron chi connectivity index (χ4n) is 3.71. The topological polar surface area (TPSA) is 107 Å². The van der Waals surface area contributed by atoms with Gasteiger partial charge in [-0.3, -0.25) is 14.2 Å². The fraction of sp³-hybridized carbons (Fsp3) is 0.167. The van der Waals surface area contributed by atoms with E-state index in [9.17, 15) is 26.4 Å². The molecule has 0 saturated carbocycles. The van der Waals surface area contributed by atoms with Crippen LogP contribution < -0.4 is 5.56 Å². The molecule has 0 aliphatic rings. The summed E-state index contributed by atoms with van der Waals surface area (Å²) in [6, 6.07) is 14.2. The monoisotopic (exact) mass is 549 g/mol. The fourth-order valence-corrected chi connectivity index (χ4v) is 7.39. The minimum atomic E-state index is -3.78. The molecular formula is C24H20ClNO6S3. The van der Waals surface area contributed by atoms with Gasteiger partial charge in [-0.25, -0.2) is 16.8 Å². The van der Waals surface area contributed by atoms with E-state index in [-0.39, 0.29) is 26.5 Å². The number of aromatic nitrogens is 1. The van der Waals surface area contributed by atoms with Crippen LogP contribution in [0.2, 0.25) is 4.34 Å². The molecule has 0 saturated heterocycles. The smallest absolute Gasteiger partial charge is 0.263 e. The average molecular weight is 550 g/mol. The SMILES string of the molecule is Cc1ccc2c(=O)n(-c3ccc(CC(=O)CS(=O)(=O)c4ccc(Cl)s4)cc3)cc(S(C)(=O)=O)c2c1. The Labute approximate surface area is 211 Å². The van der Waals surface area contributed by atoms with Crippen LogP contribution in [0.25, 0.3) is 16.5 Å². The Morgan fingerprint density at radius 2 is 1.66 bits per heavy atom. The number of carbonyl (C=O) groups is 1. The molecule has 0 aliphatic heterocycles. The van der Waals surface area contributed by atoms with E-state index in [1.807, 2.05) is 6.92 Å². The zero-order valence-electron chi connectivity index (χ0n) is 18.7. The van der Waals surface area contributed by atoms with Crippen LogP contribution in [0.5, 0.6) is 0 Å². The first-order chi connectivity index (χ1) is 16.3. The summed E-state index contributed by atoms with van der Waals surface area (Å²) in [7, 11) is -7.40. The molecule has 4 aromatic rings. The minimum absolute atomic E-state index is 0.0361. The molecule has 4 rings (SSSR count). The maximum atomic E-state index is 13.1. The van der Waals surface area contributed by atoms with Crippen LogP contribution >= 0.6 is 22.9 Å². The molecule has 7 nitrogen and oxygen atoms in total. The van der Waals surface area contributed by atoms with Crippen molar-refractivity contribution in [1.29, 1.82) is 0 Å². The third-order valence-electron chi connectivity index (χ3n) is 5.36. The molecular weight excluding hydrogens is 530 g/mol. The second-order valence-electron chi connectivity index (χ2n) is 8.19. The number of thiophene rings is 1. The third kappa shape index (κ3) is 5.40. The van der Waals surface area contributed by atoms with Crippen LogP contribution in [-0.4, -0.2) is 39.2 Å². The number of hydrogen-bond acceptors (Lipinski definition) is 7. The number of sulfone groups is 2. The van der Waals surface area contributed by atoms with E-state index in [4.69, 9.17) is 11.6 Å². The molecule has 0 unspecified atom stereocenters. The van der Waals surface area contributed by atoms with Crippen LogP contribution in [-0.2, 0) is 30.9 Å². The van der Waals surface area contributed by atoms with Gasteiger partial charge in [0.05, 0.1) is 9.23 Å². The molecule has 2 aromatic carbocycles. The van der Waals surface area contributed by atoms with E-state index in [0.29, 0.717) is 21.0 Å². The summed E-state index contributed by atoms with van der Waals surface area (Å²) in [5.74, 6) is -1.13. The molecule has 182 valence electrons. The van der Waals surface area contributed by atoms with E-state index in [2.05, 4.69) is 0 Å². The molecule has 0 spiro atoms. The first-order valence-corrected chi connectivity index (χ1v) is 15.0. The molecule has 0 N–H and O–H groups in total. The summed E-state index contributed by atoms with van der Waals surface area (Å²) in [4.78, 5) is 25.6. The standard InChI is InChI=1S/C24H20ClNO6S3/c1-15-3-8-19-20(11-15)21(34(2,29)30)13-26(24(19)28)17-6-4-16(5-7-17)12-18(27)14-35(31,32)23-10-9-22(25)33-23/h3-11,13H,12,14H2,1-2H3. The Balaban J connectivity index is 1.63. The Bertz CT molecular complexity index is 1730. The quantitative estimate of drug-likeness (QED) is 0.345. The Kier molecular flexibility index (Phi) is 6.76. The molecule has 0 bridgehead atoms. The van der Waals surface area contributed by atoms with E-state index in [1.165, 1.54) is 22.9 Å². The number of benzene rings is 2. The van der Waals surface area contributed by atoms with Gasteiger partial charge in [0.25, 0.3) is 5.56 Å². The molecule has 11 heteroatoms. The van der Waals surface area contributed by atoms with Gasteiger partial charge >= 0.3 is 0 Å². The highest BCUT2D eigenvalue weighted by molar-refractivity contribution is 7.94. The van der Waals surface area contributed by atoms with Crippen molar-refractivity contribution in [3.8, 4) is 5.69 Å². The number of pyridine rings is 1. The van der Waals surface area contributed by atoms with E-state index in [1.54, 1.807) is 42.5 Å². The van der Waals surface area contributed by atoms with Gasteiger partial charge in [-0.1, -0.05) is 35.4 Å². The van der Waals surface area contributed by atoms with Crippen molar-refractivity contribution in [2.24, 2.45) is 0 Å². The van der Waals surface area contributed by atoms with Gasteiger partial charge in [0.2, 0.25) is 0 Å². The normalized spacial score (nSPS) is 12.2. The summed E-state index contributed by atoms with van der Waals surface area (Å²) < 4.78 is 51.3. The van der Waals surface area contributed by atoms with Crippen molar-refractivity contribution in [1.82, 2.24) is 4.57 Å². The van der Waals surface area contributed by atoms with Crippen molar-refractivity contribution in [2.45, 2.75) is 22.4 Å². The molecule has 0 fully saturated rings. The third-order valence-corrected chi connectivity index (χ3v) is 9.97. The van der Waals surface area contributed by atoms with Crippen LogP contribution in [0.1, 0.15) is 11.1 Å². The first kappa shape index (κ1) is 25.3. The molecule has 35 heavy (non-hydrogen) atoms. The van der Waals surface area contributed by atoms with Gasteiger partial charge in [-0.2, -0.15) is 0 Å².